The highest BCUT2D eigenvalue weighted by atomic mass is 19.1. The van der Waals surface area contributed by atoms with Crippen LogP contribution in [0.2, 0.25) is 0 Å². The summed E-state index contributed by atoms with van der Waals surface area (Å²) in [6.07, 6.45) is 0.888. The molecule has 0 radical (unpaired) electrons. The molecular weight excluding hydrogens is 291 g/mol. The molecule has 0 spiro atoms. The number of amides is 1. The Labute approximate surface area is 128 Å². The fourth-order valence-corrected chi connectivity index (χ4v) is 2.15. The number of carbonyl (C=O) groups is 1. The van der Waals surface area contributed by atoms with E-state index in [1.54, 1.807) is 6.07 Å². The van der Waals surface area contributed by atoms with Crippen LogP contribution < -0.4 is 15.8 Å². The van der Waals surface area contributed by atoms with Gasteiger partial charge in [0.1, 0.15) is 12.1 Å². The number of carbonyl (C=O) groups excluding carboxylic acids is 1. The average Bonchev–Trinajstić information content (AvgIpc) is 2.50. The Morgan fingerprint density at radius 2 is 2.14 bits per heavy atom. The van der Waals surface area contributed by atoms with Crippen molar-refractivity contribution in [2.45, 2.75) is 18.4 Å². The first kappa shape index (κ1) is 16.7. The van der Waals surface area contributed by atoms with E-state index in [-0.39, 0.29) is 18.3 Å². The Morgan fingerprint density at radius 1 is 1.41 bits per heavy atom. The van der Waals surface area contributed by atoms with Crippen LogP contribution in [-0.4, -0.2) is 45.0 Å². The summed E-state index contributed by atoms with van der Waals surface area (Å²) >= 11 is 0. The monoisotopic (exact) mass is 312 g/mol. The van der Waals surface area contributed by atoms with E-state index in [9.17, 15) is 9.18 Å². The molecule has 122 valence electrons. The van der Waals surface area contributed by atoms with Crippen LogP contribution in [0.3, 0.4) is 0 Å². The fraction of sp³-hybridized carbons (Fsp3) is 0.533. The van der Waals surface area contributed by atoms with E-state index in [0.717, 1.165) is 0 Å². The van der Waals surface area contributed by atoms with E-state index < -0.39 is 11.4 Å². The molecule has 2 rings (SSSR count). The number of methoxy groups -OCH3 is 1. The molecule has 1 aliphatic rings. The maximum atomic E-state index is 13.9. The van der Waals surface area contributed by atoms with Crippen LogP contribution in [0.1, 0.15) is 12.8 Å². The van der Waals surface area contributed by atoms with Crippen molar-refractivity contribution in [2.24, 2.45) is 5.73 Å². The summed E-state index contributed by atoms with van der Waals surface area (Å²) in [5.74, 6) is -0.765. The quantitative estimate of drug-likeness (QED) is 0.774. The molecule has 1 amide bonds. The Kier molecular flexibility index (Phi) is 5.70. The maximum Gasteiger partial charge on any atom is 0.244 e. The minimum absolute atomic E-state index is 0.114. The van der Waals surface area contributed by atoms with Crippen LogP contribution in [-0.2, 0) is 14.3 Å². The molecule has 0 bridgehead atoms. The third-order valence-electron chi connectivity index (χ3n) is 3.57. The molecule has 0 unspecified atom stereocenters. The SMILES string of the molecule is COCCOc1ccc(NC(=O)C2(N)CCOCC2)cc1F. The molecule has 1 saturated heterocycles. The van der Waals surface area contributed by atoms with Crippen molar-refractivity contribution in [3.63, 3.8) is 0 Å². The molecule has 0 aliphatic carbocycles. The normalized spacial score (nSPS) is 17.0. The number of anilines is 1. The predicted molar refractivity (Wildman–Crippen MR) is 79.4 cm³/mol. The molecule has 22 heavy (non-hydrogen) atoms. The average molecular weight is 312 g/mol. The zero-order valence-electron chi connectivity index (χ0n) is 12.6. The Balaban J connectivity index is 1.98. The molecule has 1 aliphatic heterocycles. The van der Waals surface area contributed by atoms with Crippen LogP contribution in [0.25, 0.3) is 0 Å². The number of nitrogens with two attached hydrogens (primary N) is 1. The number of halogens is 1. The molecule has 1 aromatic carbocycles. The van der Waals surface area contributed by atoms with Gasteiger partial charge in [-0.3, -0.25) is 4.79 Å². The van der Waals surface area contributed by atoms with Gasteiger partial charge in [-0.1, -0.05) is 0 Å². The third kappa shape index (κ3) is 4.16. The topological polar surface area (TPSA) is 82.8 Å². The lowest BCUT2D eigenvalue weighted by atomic mass is 9.90. The predicted octanol–water partition coefficient (Wildman–Crippen LogP) is 1.30. The lowest BCUT2D eigenvalue weighted by molar-refractivity contribution is -0.124. The number of hydrogen-bond donors (Lipinski definition) is 2. The maximum absolute atomic E-state index is 13.9. The van der Waals surface area contributed by atoms with E-state index >= 15 is 0 Å². The first-order valence-electron chi connectivity index (χ1n) is 7.14. The molecule has 6 nitrogen and oxygen atoms in total. The van der Waals surface area contributed by atoms with Gasteiger partial charge in [0, 0.05) is 32.1 Å². The zero-order chi connectivity index (χ0) is 16.0. The Hall–Kier alpha value is -1.70. The van der Waals surface area contributed by atoms with Crippen LogP contribution in [0, 0.1) is 5.82 Å². The van der Waals surface area contributed by atoms with Gasteiger partial charge in [0.05, 0.1) is 6.61 Å². The van der Waals surface area contributed by atoms with Crippen molar-refractivity contribution in [3.8, 4) is 5.75 Å². The van der Waals surface area contributed by atoms with Gasteiger partial charge in [-0.15, -0.1) is 0 Å². The molecule has 1 aromatic rings. The standard InChI is InChI=1S/C15H21FN2O4/c1-20-8-9-22-13-3-2-11(10-12(13)16)18-14(19)15(17)4-6-21-7-5-15/h2-3,10H,4-9,17H2,1H3,(H,18,19). The second-order valence-corrected chi connectivity index (χ2v) is 5.21. The first-order chi connectivity index (χ1) is 10.5. The summed E-state index contributed by atoms with van der Waals surface area (Å²) in [7, 11) is 1.54. The summed E-state index contributed by atoms with van der Waals surface area (Å²) in [4.78, 5) is 12.2. The van der Waals surface area contributed by atoms with Gasteiger partial charge < -0.3 is 25.3 Å². The van der Waals surface area contributed by atoms with E-state index in [1.807, 2.05) is 0 Å². The number of benzene rings is 1. The molecule has 7 heteroatoms. The van der Waals surface area contributed by atoms with Crippen molar-refractivity contribution < 1.29 is 23.4 Å². The van der Waals surface area contributed by atoms with E-state index in [0.29, 0.717) is 38.3 Å². The van der Waals surface area contributed by atoms with Crippen LogP contribution in [0.15, 0.2) is 18.2 Å². The summed E-state index contributed by atoms with van der Waals surface area (Å²) < 4.78 is 29.1. The third-order valence-corrected chi connectivity index (χ3v) is 3.57. The minimum atomic E-state index is -0.970. The van der Waals surface area contributed by atoms with E-state index in [4.69, 9.17) is 19.9 Å². The van der Waals surface area contributed by atoms with Gasteiger partial charge >= 0.3 is 0 Å². The zero-order valence-corrected chi connectivity index (χ0v) is 12.6. The van der Waals surface area contributed by atoms with Crippen LogP contribution in [0.4, 0.5) is 10.1 Å². The summed E-state index contributed by atoms with van der Waals surface area (Å²) in [6, 6.07) is 4.25. The first-order valence-corrected chi connectivity index (χ1v) is 7.14. The van der Waals surface area contributed by atoms with Crippen LogP contribution >= 0.6 is 0 Å². The van der Waals surface area contributed by atoms with Gasteiger partial charge in [0.15, 0.2) is 11.6 Å². The van der Waals surface area contributed by atoms with Crippen molar-refractivity contribution in [2.75, 3.05) is 38.9 Å². The highest BCUT2D eigenvalue weighted by Crippen LogP contribution is 2.24. The molecular formula is C15H21FN2O4. The van der Waals surface area contributed by atoms with Gasteiger partial charge in [0.2, 0.25) is 5.91 Å². The Bertz CT molecular complexity index is 518. The summed E-state index contributed by atoms with van der Waals surface area (Å²) in [6.45, 7) is 1.52. The van der Waals surface area contributed by atoms with Gasteiger partial charge in [0.25, 0.3) is 0 Å². The van der Waals surface area contributed by atoms with Crippen molar-refractivity contribution in [1.82, 2.24) is 0 Å². The van der Waals surface area contributed by atoms with Crippen molar-refractivity contribution in [3.05, 3.63) is 24.0 Å². The largest absolute Gasteiger partial charge is 0.488 e. The lowest BCUT2D eigenvalue weighted by Crippen LogP contribution is -2.54. The number of nitrogens with one attached hydrogen (secondary N) is 1. The van der Waals surface area contributed by atoms with Crippen molar-refractivity contribution in [1.29, 1.82) is 0 Å². The van der Waals surface area contributed by atoms with E-state index in [2.05, 4.69) is 5.32 Å². The molecule has 3 N–H and O–H groups in total. The Morgan fingerprint density at radius 3 is 2.77 bits per heavy atom. The van der Waals surface area contributed by atoms with Crippen molar-refractivity contribution >= 4 is 11.6 Å². The second-order valence-electron chi connectivity index (χ2n) is 5.21. The smallest absolute Gasteiger partial charge is 0.244 e. The molecule has 1 fully saturated rings. The molecule has 0 atom stereocenters. The van der Waals surface area contributed by atoms with Gasteiger partial charge in [-0.25, -0.2) is 4.39 Å². The molecule has 1 heterocycles. The number of ether oxygens (including phenoxy) is 3. The summed E-state index contributed by atoms with van der Waals surface area (Å²) in [5.41, 5.74) is 5.45. The van der Waals surface area contributed by atoms with Gasteiger partial charge in [-0.2, -0.15) is 0 Å². The highest BCUT2D eigenvalue weighted by molar-refractivity contribution is 5.98. The van der Waals surface area contributed by atoms with E-state index in [1.165, 1.54) is 19.2 Å². The molecule has 0 saturated carbocycles. The fourth-order valence-electron chi connectivity index (χ4n) is 2.15. The highest BCUT2D eigenvalue weighted by Gasteiger charge is 2.35. The van der Waals surface area contributed by atoms with Crippen LogP contribution in [0.5, 0.6) is 5.75 Å². The second kappa shape index (κ2) is 7.53. The number of rotatable bonds is 6. The molecule has 0 aromatic heterocycles. The number of hydrogen-bond acceptors (Lipinski definition) is 5. The lowest BCUT2D eigenvalue weighted by Gasteiger charge is -2.31. The summed E-state index contributed by atoms with van der Waals surface area (Å²) in [5, 5.41) is 2.65. The van der Waals surface area contributed by atoms with Gasteiger partial charge in [-0.05, 0) is 25.0 Å². The minimum Gasteiger partial charge on any atom is -0.488 e.